The van der Waals surface area contributed by atoms with Crippen LogP contribution < -0.4 is 15.4 Å². The van der Waals surface area contributed by atoms with Crippen LogP contribution in [0.4, 0.5) is 0 Å². The van der Waals surface area contributed by atoms with Gasteiger partial charge in [0.15, 0.2) is 5.96 Å². The van der Waals surface area contributed by atoms with Gasteiger partial charge in [0.25, 0.3) is 0 Å². The first-order valence-corrected chi connectivity index (χ1v) is 10.4. The third kappa shape index (κ3) is 8.43. The van der Waals surface area contributed by atoms with Crippen LogP contribution in [0.5, 0.6) is 5.75 Å². The van der Waals surface area contributed by atoms with Gasteiger partial charge in [-0.1, -0.05) is 36.4 Å². The van der Waals surface area contributed by atoms with Crippen LogP contribution in [0, 0.1) is 6.92 Å². The molecule has 0 heterocycles. The Balaban J connectivity index is 1.86. The highest BCUT2D eigenvalue weighted by atomic mass is 16.5. The van der Waals surface area contributed by atoms with Gasteiger partial charge in [-0.25, -0.2) is 0 Å². The van der Waals surface area contributed by atoms with E-state index >= 15 is 0 Å². The highest BCUT2D eigenvalue weighted by molar-refractivity contribution is 5.79. The number of hydrogen-bond donors (Lipinski definition) is 2. The minimum Gasteiger partial charge on any atom is -0.491 e. The molecule has 0 unspecified atom stereocenters. The van der Waals surface area contributed by atoms with Crippen molar-refractivity contribution < 1.29 is 14.2 Å². The van der Waals surface area contributed by atoms with Crippen molar-refractivity contribution in [2.45, 2.75) is 46.6 Å². The van der Waals surface area contributed by atoms with Crippen LogP contribution in [0.1, 0.15) is 36.1 Å². The number of hydrogen-bond acceptors (Lipinski definition) is 4. The molecule has 0 radical (unpaired) electrons. The van der Waals surface area contributed by atoms with Crippen molar-refractivity contribution in [3.8, 4) is 5.75 Å². The normalized spacial score (nSPS) is 11.6. The first-order valence-electron chi connectivity index (χ1n) is 10.4. The van der Waals surface area contributed by atoms with Crippen molar-refractivity contribution in [3.05, 3.63) is 64.7 Å². The van der Waals surface area contributed by atoms with Crippen molar-refractivity contribution in [3.63, 3.8) is 0 Å². The van der Waals surface area contributed by atoms with Gasteiger partial charge in [-0.3, -0.25) is 4.99 Å². The maximum atomic E-state index is 5.86. The zero-order valence-corrected chi connectivity index (χ0v) is 18.8. The molecule has 0 aliphatic carbocycles. The Bertz CT molecular complexity index is 789. The molecule has 0 saturated carbocycles. The summed E-state index contributed by atoms with van der Waals surface area (Å²) < 4.78 is 16.6. The SMILES string of the molecule is CN=C(NCc1ccc(COC(C)C)cc1)NCc1ccc(C)cc1OCCOC. The molecule has 0 fully saturated rings. The van der Waals surface area contributed by atoms with E-state index in [9.17, 15) is 0 Å². The molecule has 2 aromatic carbocycles. The van der Waals surface area contributed by atoms with E-state index in [0.717, 1.165) is 22.8 Å². The first kappa shape index (κ1) is 23.7. The van der Waals surface area contributed by atoms with Crippen molar-refractivity contribution in [2.24, 2.45) is 4.99 Å². The second-order valence-electron chi connectivity index (χ2n) is 7.41. The molecule has 2 aromatic rings. The standard InChI is InChI=1S/C24H35N3O3/c1-18(2)30-17-21-9-7-20(8-10-21)15-26-24(25-4)27-16-22-11-6-19(3)14-23(22)29-13-12-28-5/h6-11,14,18H,12-13,15-17H2,1-5H3,(H2,25,26,27). The van der Waals surface area contributed by atoms with Crippen LogP contribution in [0.15, 0.2) is 47.5 Å². The third-order valence-electron chi connectivity index (χ3n) is 4.50. The number of ether oxygens (including phenoxy) is 3. The minimum atomic E-state index is 0.236. The fourth-order valence-electron chi connectivity index (χ4n) is 2.78. The van der Waals surface area contributed by atoms with Crippen LogP contribution in [-0.2, 0) is 29.2 Å². The second kappa shape index (κ2) is 12.9. The summed E-state index contributed by atoms with van der Waals surface area (Å²) in [5, 5.41) is 6.71. The van der Waals surface area contributed by atoms with Gasteiger partial charge in [0.05, 0.1) is 19.3 Å². The van der Waals surface area contributed by atoms with Crippen LogP contribution >= 0.6 is 0 Å². The molecule has 0 atom stereocenters. The Kier molecular flexibility index (Phi) is 10.2. The second-order valence-corrected chi connectivity index (χ2v) is 7.41. The quantitative estimate of drug-likeness (QED) is 0.333. The molecular formula is C24H35N3O3. The summed E-state index contributed by atoms with van der Waals surface area (Å²) in [4.78, 5) is 4.32. The minimum absolute atomic E-state index is 0.236. The van der Waals surface area contributed by atoms with Crippen molar-refractivity contribution in [1.29, 1.82) is 0 Å². The van der Waals surface area contributed by atoms with E-state index in [-0.39, 0.29) is 6.10 Å². The number of aryl methyl sites for hydroxylation is 1. The number of benzene rings is 2. The highest BCUT2D eigenvalue weighted by Crippen LogP contribution is 2.20. The van der Waals surface area contributed by atoms with Crippen molar-refractivity contribution in [1.82, 2.24) is 10.6 Å². The maximum absolute atomic E-state index is 5.86. The smallest absolute Gasteiger partial charge is 0.191 e. The maximum Gasteiger partial charge on any atom is 0.191 e. The molecule has 0 amide bonds. The van der Waals surface area contributed by atoms with Crippen LogP contribution in [-0.4, -0.2) is 39.4 Å². The molecule has 0 aromatic heterocycles. The van der Waals surface area contributed by atoms with E-state index in [0.29, 0.717) is 32.9 Å². The highest BCUT2D eigenvalue weighted by Gasteiger charge is 2.06. The summed E-state index contributed by atoms with van der Waals surface area (Å²) in [6, 6.07) is 14.6. The Morgan fingerprint density at radius 3 is 2.33 bits per heavy atom. The summed E-state index contributed by atoms with van der Waals surface area (Å²) in [7, 11) is 3.44. The van der Waals surface area contributed by atoms with Gasteiger partial charge in [-0.15, -0.1) is 0 Å². The zero-order chi connectivity index (χ0) is 21.8. The summed E-state index contributed by atoms with van der Waals surface area (Å²) in [5.74, 6) is 1.61. The monoisotopic (exact) mass is 413 g/mol. The van der Waals surface area contributed by atoms with Crippen LogP contribution in [0.2, 0.25) is 0 Å². The topological polar surface area (TPSA) is 64.1 Å². The Morgan fingerprint density at radius 2 is 1.67 bits per heavy atom. The van der Waals surface area contributed by atoms with Crippen LogP contribution in [0.3, 0.4) is 0 Å². The molecule has 2 rings (SSSR count). The molecule has 6 nitrogen and oxygen atoms in total. The Labute approximate surface area is 180 Å². The lowest BCUT2D eigenvalue weighted by atomic mass is 10.1. The van der Waals surface area contributed by atoms with Gasteiger partial charge >= 0.3 is 0 Å². The first-order chi connectivity index (χ1) is 14.5. The average Bonchev–Trinajstić information content (AvgIpc) is 2.74. The van der Waals surface area contributed by atoms with Gasteiger partial charge in [-0.05, 0) is 43.5 Å². The molecule has 0 spiro atoms. The van der Waals surface area contributed by atoms with Gasteiger partial charge in [0, 0.05) is 32.8 Å². The predicted octanol–water partition coefficient (Wildman–Crippen LogP) is 3.81. The molecular weight excluding hydrogens is 378 g/mol. The van der Waals surface area contributed by atoms with E-state index in [1.807, 2.05) is 19.9 Å². The average molecular weight is 414 g/mol. The summed E-state index contributed by atoms with van der Waals surface area (Å²) in [5.41, 5.74) is 4.60. The number of methoxy groups -OCH3 is 1. The number of rotatable bonds is 11. The molecule has 0 aliphatic rings. The lowest BCUT2D eigenvalue weighted by Crippen LogP contribution is -2.36. The van der Waals surface area contributed by atoms with E-state index in [4.69, 9.17) is 14.2 Å². The molecule has 0 aliphatic heterocycles. The molecule has 164 valence electrons. The number of aliphatic imine (C=N–C) groups is 1. The number of guanidine groups is 1. The molecule has 30 heavy (non-hydrogen) atoms. The summed E-state index contributed by atoms with van der Waals surface area (Å²) in [6.45, 7) is 9.18. The predicted molar refractivity (Wildman–Crippen MR) is 122 cm³/mol. The van der Waals surface area contributed by atoms with E-state index < -0.39 is 0 Å². The van der Waals surface area contributed by atoms with Gasteiger partial charge in [-0.2, -0.15) is 0 Å². The van der Waals surface area contributed by atoms with Gasteiger partial charge < -0.3 is 24.8 Å². The lowest BCUT2D eigenvalue weighted by molar-refractivity contribution is 0.0657. The number of nitrogens with one attached hydrogen (secondary N) is 2. The van der Waals surface area contributed by atoms with Crippen molar-refractivity contribution in [2.75, 3.05) is 27.4 Å². The third-order valence-corrected chi connectivity index (χ3v) is 4.50. The fourth-order valence-corrected chi connectivity index (χ4v) is 2.78. The summed E-state index contributed by atoms with van der Waals surface area (Å²) in [6.07, 6.45) is 0.236. The molecule has 0 bridgehead atoms. The van der Waals surface area contributed by atoms with E-state index in [2.05, 4.69) is 58.9 Å². The Morgan fingerprint density at radius 1 is 0.967 bits per heavy atom. The summed E-state index contributed by atoms with van der Waals surface area (Å²) >= 11 is 0. The molecule has 2 N–H and O–H groups in total. The molecule has 0 saturated heterocycles. The van der Waals surface area contributed by atoms with E-state index in [1.54, 1.807) is 14.2 Å². The lowest BCUT2D eigenvalue weighted by Gasteiger charge is -2.15. The van der Waals surface area contributed by atoms with Crippen LogP contribution in [0.25, 0.3) is 0 Å². The zero-order valence-electron chi connectivity index (χ0n) is 18.8. The van der Waals surface area contributed by atoms with Crippen molar-refractivity contribution >= 4 is 5.96 Å². The van der Waals surface area contributed by atoms with Gasteiger partial charge in [0.2, 0.25) is 0 Å². The number of nitrogens with zero attached hydrogens (tertiary/aromatic N) is 1. The molecule has 6 heteroatoms. The Hall–Kier alpha value is -2.57. The van der Waals surface area contributed by atoms with E-state index in [1.165, 1.54) is 11.1 Å². The van der Waals surface area contributed by atoms with Gasteiger partial charge in [0.1, 0.15) is 12.4 Å². The largest absolute Gasteiger partial charge is 0.491 e. The fraction of sp³-hybridized carbons (Fsp3) is 0.458.